The maximum atomic E-state index is 3.86. The number of fused-ring (bicyclic) bond motifs is 2. The Morgan fingerprint density at radius 1 is 0.577 bits per heavy atom. The van der Waals surface area contributed by atoms with Gasteiger partial charge >= 0.3 is 0 Å². The van der Waals surface area contributed by atoms with Gasteiger partial charge in [0.25, 0.3) is 0 Å². The van der Waals surface area contributed by atoms with Crippen molar-refractivity contribution >= 4 is 24.3 Å². The Morgan fingerprint density at radius 2 is 0.923 bits per heavy atom. The van der Waals surface area contributed by atoms with Gasteiger partial charge in [-0.25, -0.2) is 0 Å². The summed E-state index contributed by atoms with van der Waals surface area (Å²) in [4.78, 5) is 0. The van der Waals surface area contributed by atoms with Crippen LogP contribution in [0.4, 0.5) is 0 Å². The number of hydrogen-bond donors (Lipinski definition) is 0. The molecule has 2 aromatic rings. The first-order valence-electron chi connectivity index (χ1n) is 9.58. The molecule has 0 bridgehead atoms. The zero-order valence-corrected chi connectivity index (χ0v) is 15.5. The van der Waals surface area contributed by atoms with Crippen molar-refractivity contribution in [3.8, 4) is 0 Å². The Kier molecular flexibility index (Phi) is 6.07. The maximum Gasteiger partial charge on any atom is 0.00556 e. The Labute approximate surface area is 158 Å². The van der Waals surface area contributed by atoms with Crippen LogP contribution in [-0.2, 0) is 0 Å². The van der Waals surface area contributed by atoms with Crippen LogP contribution in [0, 0.1) is 5.41 Å². The summed E-state index contributed by atoms with van der Waals surface area (Å²) in [5.41, 5.74) is 5.76. The van der Waals surface area contributed by atoms with E-state index in [4.69, 9.17) is 0 Å². The van der Waals surface area contributed by atoms with E-state index in [0.717, 1.165) is 0 Å². The molecule has 2 aromatic carbocycles. The SMILES string of the molecule is C1=Cc2ccccc21.C1=Cc2ccccc21.C=CC1(C=C)CCCCC1. The van der Waals surface area contributed by atoms with Crippen molar-refractivity contribution in [2.75, 3.05) is 0 Å². The highest BCUT2D eigenvalue weighted by Crippen LogP contribution is 2.37. The molecule has 0 spiro atoms. The van der Waals surface area contributed by atoms with E-state index in [1.165, 1.54) is 54.4 Å². The average molecular weight is 341 g/mol. The van der Waals surface area contributed by atoms with Crippen molar-refractivity contribution in [3.63, 3.8) is 0 Å². The number of hydrogen-bond acceptors (Lipinski definition) is 0. The Hall–Kier alpha value is -2.60. The van der Waals surface area contributed by atoms with Gasteiger partial charge in [0, 0.05) is 5.41 Å². The zero-order chi connectivity index (χ0) is 18.2. The van der Waals surface area contributed by atoms with E-state index in [1.54, 1.807) is 0 Å². The molecule has 5 rings (SSSR count). The fraction of sp³-hybridized carbons (Fsp3) is 0.231. The third-order valence-electron chi connectivity index (χ3n) is 5.47. The first-order chi connectivity index (χ1) is 12.8. The smallest absolute Gasteiger partial charge is 0.00556 e. The van der Waals surface area contributed by atoms with Crippen molar-refractivity contribution in [2.24, 2.45) is 5.41 Å². The molecule has 0 aromatic heterocycles. The Bertz CT molecular complexity index is 700. The van der Waals surface area contributed by atoms with Crippen molar-refractivity contribution in [2.45, 2.75) is 32.1 Å². The van der Waals surface area contributed by atoms with Crippen LogP contribution in [0.3, 0.4) is 0 Å². The summed E-state index contributed by atoms with van der Waals surface area (Å²) in [6.07, 6.45) is 19.2. The highest BCUT2D eigenvalue weighted by molar-refractivity contribution is 5.85. The molecule has 0 N–H and O–H groups in total. The maximum absolute atomic E-state index is 3.86. The number of allylic oxidation sites excluding steroid dienone is 2. The lowest BCUT2D eigenvalue weighted by Gasteiger charge is -2.30. The molecule has 0 unspecified atom stereocenters. The van der Waals surface area contributed by atoms with Gasteiger partial charge in [-0.3, -0.25) is 0 Å². The van der Waals surface area contributed by atoms with E-state index in [-0.39, 0.29) is 5.41 Å². The molecule has 132 valence electrons. The van der Waals surface area contributed by atoms with E-state index in [9.17, 15) is 0 Å². The predicted molar refractivity (Wildman–Crippen MR) is 117 cm³/mol. The summed E-state index contributed by atoms with van der Waals surface area (Å²) in [5.74, 6) is 0. The summed E-state index contributed by atoms with van der Waals surface area (Å²) in [6, 6.07) is 16.7. The molecule has 0 heteroatoms. The van der Waals surface area contributed by atoms with E-state index in [0.29, 0.717) is 0 Å². The topological polar surface area (TPSA) is 0 Å². The molecule has 3 aliphatic rings. The van der Waals surface area contributed by atoms with Gasteiger partial charge in [-0.2, -0.15) is 0 Å². The van der Waals surface area contributed by atoms with E-state index < -0.39 is 0 Å². The predicted octanol–water partition coefficient (Wildman–Crippen LogP) is 7.65. The third-order valence-corrected chi connectivity index (χ3v) is 5.47. The summed E-state index contributed by atoms with van der Waals surface area (Å²) in [6.45, 7) is 7.71. The van der Waals surface area contributed by atoms with Crippen LogP contribution in [-0.4, -0.2) is 0 Å². The largest absolute Gasteiger partial charge is 0.102 e. The molecule has 0 nitrogen and oxygen atoms in total. The summed E-state index contributed by atoms with van der Waals surface area (Å²) >= 11 is 0. The lowest BCUT2D eigenvalue weighted by Crippen LogP contribution is -2.17. The van der Waals surface area contributed by atoms with Crippen molar-refractivity contribution < 1.29 is 0 Å². The monoisotopic (exact) mass is 340 g/mol. The minimum Gasteiger partial charge on any atom is -0.102 e. The van der Waals surface area contributed by atoms with Gasteiger partial charge in [0.2, 0.25) is 0 Å². The second-order valence-corrected chi connectivity index (χ2v) is 7.13. The van der Waals surface area contributed by atoms with Crippen molar-refractivity contribution in [3.05, 3.63) is 96.1 Å². The minimum absolute atomic E-state index is 0.290. The Morgan fingerprint density at radius 3 is 1.12 bits per heavy atom. The fourth-order valence-electron chi connectivity index (χ4n) is 3.50. The van der Waals surface area contributed by atoms with Gasteiger partial charge in [0.05, 0.1) is 0 Å². The highest BCUT2D eigenvalue weighted by atomic mass is 14.3. The van der Waals surface area contributed by atoms with Crippen LogP contribution in [0.2, 0.25) is 0 Å². The highest BCUT2D eigenvalue weighted by Gasteiger charge is 2.24. The first-order valence-corrected chi connectivity index (χ1v) is 9.58. The van der Waals surface area contributed by atoms with E-state index in [2.05, 4.69) is 98.1 Å². The van der Waals surface area contributed by atoms with Crippen LogP contribution < -0.4 is 0 Å². The van der Waals surface area contributed by atoms with Gasteiger partial charge in [-0.15, -0.1) is 13.2 Å². The van der Waals surface area contributed by atoms with Crippen LogP contribution >= 0.6 is 0 Å². The van der Waals surface area contributed by atoms with Gasteiger partial charge in [0.15, 0.2) is 0 Å². The molecule has 0 saturated heterocycles. The summed E-state index contributed by atoms with van der Waals surface area (Å²) in [7, 11) is 0. The van der Waals surface area contributed by atoms with Gasteiger partial charge in [-0.1, -0.05) is 104 Å². The second kappa shape index (κ2) is 8.67. The lowest BCUT2D eigenvalue weighted by molar-refractivity contribution is 0.327. The van der Waals surface area contributed by atoms with Gasteiger partial charge < -0.3 is 0 Å². The molecule has 0 atom stereocenters. The van der Waals surface area contributed by atoms with E-state index in [1.807, 2.05) is 0 Å². The van der Waals surface area contributed by atoms with Gasteiger partial charge in [-0.05, 0) is 35.1 Å². The molecule has 0 aliphatic heterocycles. The van der Waals surface area contributed by atoms with Crippen LogP contribution in [0.15, 0.2) is 73.8 Å². The first kappa shape index (κ1) is 18.2. The molecule has 1 saturated carbocycles. The molecular formula is C26H28. The average Bonchev–Trinajstić information content (AvgIpc) is 2.66. The van der Waals surface area contributed by atoms with Crippen molar-refractivity contribution in [1.82, 2.24) is 0 Å². The molecular weight excluding hydrogens is 312 g/mol. The molecule has 0 amide bonds. The zero-order valence-electron chi connectivity index (χ0n) is 15.5. The molecule has 1 fully saturated rings. The molecule has 0 heterocycles. The van der Waals surface area contributed by atoms with E-state index >= 15 is 0 Å². The quantitative estimate of drug-likeness (QED) is 0.329. The van der Waals surface area contributed by atoms with Crippen LogP contribution in [0.5, 0.6) is 0 Å². The molecule has 26 heavy (non-hydrogen) atoms. The van der Waals surface area contributed by atoms with Crippen LogP contribution in [0.25, 0.3) is 24.3 Å². The minimum atomic E-state index is 0.290. The lowest BCUT2D eigenvalue weighted by atomic mass is 9.74. The summed E-state index contributed by atoms with van der Waals surface area (Å²) < 4.78 is 0. The number of rotatable bonds is 2. The molecule has 0 radical (unpaired) electrons. The fourth-order valence-corrected chi connectivity index (χ4v) is 3.50. The van der Waals surface area contributed by atoms with Crippen LogP contribution in [0.1, 0.15) is 54.4 Å². The molecule has 3 aliphatic carbocycles. The second-order valence-electron chi connectivity index (χ2n) is 7.13. The Balaban J connectivity index is 0.000000114. The normalized spacial score (nSPS) is 16.8. The summed E-state index contributed by atoms with van der Waals surface area (Å²) in [5, 5.41) is 0. The number of benzene rings is 2. The van der Waals surface area contributed by atoms with Gasteiger partial charge in [0.1, 0.15) is 0 Å². The standard InChI is InChI=1S/C10H16.2C8H6/c1-3-10(4-2)8-6-5-7-9-10;2*1-2-4-8-6-5-7(8)3-1/h3-4H,1-2,5-9H2;2*1-6H. The third kappa shape index (κ3) is 4.32. The van der Waals surface area contributed by atoms with Crippen molar-refractivity contribution in [1.29, 1.82) is 0 Å².